The highest BCUT2D eigenvalue weighted by Gasteiger charge is 2.01. The first-order valence-corrected chi connectivity index (χ1v) is 5.80. The summed E-state index contributed by atoms with van der Waals surface area (Å²) in [6, 6.07) is 8.19. The van der Waals surface area contributed by atoms with E-state index < -0.39 is 0 Å². The van der Waals surface area contributed by atoms with Crippen LogP contribution in [-0.2, 0) is 6.54 Å². The summed E-state index contributed by atoms with van der Waals surface area (Å²) in [7, 11) is 2.01. The molecule has 0 bridgehead atoms. The molecule has 0 heterocycles. The summed E-state index contributed by atoms with van der Waals surface area (Å²) in [4.78, 5) is 2.13. The second kappa shape index (κ2) is 6.50. The second-order valence-electron chi connectivity index (χ2n) is 3.71. The van der Waals surface area contributed by atoms with Crippen molar-refractivity contribution in [3.63, 3.8) is 0 Å². The molecule has 3 N–H and O–H groups in total. The van der Waals surface area contributed by atoms with Gasteiger partial charge in [0.1, 0.15) is 5.84 Å². The standard InChI is InChI=1S/C11H16BrN3O/c1-15(7-6-11(13)14-16)8-9-2-4-10(12)5-3-9/h2-5,16H,6-8H2,1H3,(H2,13,14). The molecule has 4 nitrogen and oxygen atoms in total. The van der Waals surface area contributed by atoms with E-state index in [0.29, 0.717) is 6.42 Å². The van der Waals surface area contributed by atoms with Crippen LogP contribution in [0.1, 0.15) is 12.0 Å². The minimum atomic E-state index is 0.266. The number of rotatable bonds is 5. The molecule has 0 atom stereocenters. The first-order chi connectivity index (χ1) is 7.61. The number of hydrogen-bond acceptors (Lipinski definition) is 3. The Labute approximate surface area is 104 Å². The van der Waals surface area contributed by atoms with Gasteiger partial charge in [-0.05, 0) is 24.7 Å². The third-order valence-electron chi connectivity index (χ3n) is 2.24. The molecule has 0 spiro atoms. The van der Waals surface area contributed by atoms with E-state index in [9.17, 15) is 0 Å². The van der Waals surface area contributed by atoms with Gasteiger partial charge in [-0.25, -0.2) is 0 Å². The molecule has 0 unspecified atom stereocenters. The van der Waals surface area contributed by atoms with Crippen LogP contribution in [-0.4, -0.2) is 29.5 Å². The van der Waals surface area contributed by atoms with Crippen molar-refractivity contribution in [2.45, 2.75) is 13.0 Å². The highest BCUT2D eigenvalue weighted by atomic mass is 79.9. The zero-order valence-electron chi connectivity index (χ0n) is 9.23. The quantitative estimate of drug-likeness (QED) is 0.377. The Kier molecular flexibility index (Phi) is 5.28. The summed E-state index contributed by atoms with van der Waals surface area (Å²) in [6.07, 6.45) is 0.573. The molecule has 0 amide bonds. The van der Waals surface area contributed by atoms with Crippen molar-refractivity contribution in [3.8, 4) is 0 Å². The lowest BCUT2D eigenvalue weighted by molar-refractivity contribution is 0.309. The van der Waals surface area contributed by atoms with E-state index in [2.05, 4.69) is 38.1 Å². The largest absolute Gasteiger partial charge is 0.409 e. The fourth-order valence-electron chi connectivity index (χ4n) is 1.34. The third kappa shape index (κ3) is 4.63. The van der Waals surface area contributed by atoms with E-state index in [4.69, 9.17) is 10.9 Å². The summed E-state index contributed by atoms with van der Waals surface area (Å²) < 4.78 is 1.08. The van der Waals surface area contributed by atoms with Crippen molar-refractivity contribution in [2.75, 3.05) is 13.6 Å². The van der Waals surface area contributed by atoms with Gasteiger partial charge in [-0.3, -0.25) is 0 Å². The summed E-state index contributed by atoms with van der Waals surface area (Å²) in [5, 5.41) is 11.3. The minimum absolute atomic E-state index is 0.266. The van der Waals surface area contributed by atoms with Gasteiger partial charge in [0.05, 0.1) is 0 Å². The van der Waals surface area contributed by atoms with E-state index in [1.165, 1.54) is 5.56 Å². The maximum atomic E-state index is 8.41. The smallest absolute Gasteiger partial charge is 0.140 e. The zero-order chi connectivity index (χ0) is 12.0. The number of amidine groups is 1. The summed E-state index contributed by atoms with van der Waals surface area (Å²) in [6.45, 7) is 1.62. The van der Waals surface area contributed by atoms with Gasteiger partial charge in [-0.1, -0.05) is 33.2 Å². The predicted octanol–water partition coefficient (Wildman–Crippen LogP) is 2.02. The maximum Gasteiger partial charge on any atom is 0.140 e. The lowest BCUT2D eigenvalue weighted by Crippen LogP contribution is -2.24. The summed E-state index contributed by atoms with van der Waals surface area (Å²) >= 11 is 3.40. The van der Waals surface area contributed by atoms with Crippen molar-refractivity contribution in [2.24, 2.45) is 10.9 Å². The topological polar surface area (TPSA) is 61.8 Å². The van der Waals surface area contributed by atoms with E-state index in [-0.39, 0.29) is 5.84 Å². The first-order valence-electron chi connectivity index (χ1n) is 5.01. The van der Waals surface area contributed by atoms with Crippen molar-refractivity contribution in [3.05, 3.63) is 34.3 Å². The van der Waals surface area contributed by atoms with Crippen LogP contribution in [0, 0.1) is 0 Å². The normalized spacial score (nSPS) is 12.1. The Hall–Kier alpha value is -1.07. The van der Waals surface area contributed by atoms with Crippen molar-refractivity contribution in [1.82, 2.24) is 4.90 Å². The Morgan fingerprint density at radius 3 is 2.62 bits per heavy atom. The third-order valence-corrected chi connectivity index (χ3v) is 2.77. The first kappa shape index (κ1) is 13.0. The van der Waals surface area contributed by atoms with E-state index in [1.807, 2.05) is 19.2 Å². The molecule has 1 aromatic rings. The van der Waals surface area contributed by atoms with E-state index in [0.717, 1.165) is 17.6 Å². The number of hydrogen-bond donors (Lipinski definition) is 2. The average Bonchev–Trinajstić information content (AvgIpc) is 2.29. The number of nitrogens with two attached hydrogens (primary N) is 1. The van der Waals surface area contributed by atoms with Gasteiger partial charge in [0.15, 0.2) is 0 Å². The van der Waals surface area contributed by atoms with E-state index in [1.54, 1.807) is 0 Å². The number of oxime groups is 1. The van der Waals surface area contributed by atoms with E-state index >= 15 is 0 Å². The van der Waals surface area contributed by atoms with Gasteiger partial charge in [0.25, 0.3) is 0 Å². The average molecular weight is 286 g/mol. The highest BCUT2D eigenvalue weighted by Crippen LogP contribution is 2.11. The molecule has 0 aromatic heterocycles. The molecule has 5 heteroatoms. The number of nitrogens with zero attached hydrogens (tertiary/aromatic N) is 2. The molecule has 1 aromatic carbocycles. The number of benzene rings is 1. The fraction of sp³-hybridized carbons (Fsp3) is 0.364. The Bertz CT molecular complexity index is 351. The lowest BCUT2D eigenvalue weighted by Gasteiger charge is -2.16. The maximum absolute atomic E-state index is 8.41. The summed E-state index contributed by atoms with van der Waals surface area (Å²) in [5.41, 5.74) is 6.64. The van der Waals surface area contributed by atoms with Crippen LogP contribution in [0.5, 0.6) is 0 Å². The molecule has 0 saturated carbocycles. The molecule has 16 heavy (non-hydrogen) atoms. The van der Waals surface area contributed by atoms with Crippen LogP contribution >= 0.6 is 15.9 Å². The van der Waals surface area contributed by atoms with Gasteiger partial charge in [0, 0.05) is 24.0 Å². The van der Waals surface area contributed by atoms with Gasteiger partial charge >= 0.3 is 0 Å². The number of halogens is 1. The second-order valence-corrected chi connectivity index (χ2v) is 4.62. The van der Waals surface area contributed by atoms with Gasteiger partial charge in [0.2, 0.25) is 0 Å². The molecule has 1 rings (SSSR count). The molecular formula is C11H16BrN3O. The summed E-state index contributed by atoms with van der Waals surface area (Å²) in [5.74, 6) is 0.266. The van der Waals surface area contributed by atoms with Crippen LogP contribution < -0.4 is 5.73 Å². The molecule has 0 aliphatic heterocycles. The van der Waals surface area contributed by atoms with Crippen LogP contribution in [0.2, 0.25) is 0 Å². The van der Waals surface area contributed by atoms with Crippen LogP contribution in [0.3, 0.4) is 0 Å². The Balaban J connectivity index is 2.39. The molecule has 0 aliphatic carbocycles. The molecule has 0 aliphatic rings. The monoisotopic (exact) mass is 285 g/mol. The van der Waals surface area contributed by atoms with Gasteiger partial charge in [-0.2, -0.15) is 0 Å². The molecule has 0 fully saturated rings. The van der Waals surface area contributed by atoms with Crippen LogP contribution in [0.25, 0.3) is 0 Å². The zero-order valence-corrected chi connectivity index (χ0v) is 10.8. The SMILES string of the molecule is CN(CC/C(N)=N/O)Cc1ccc(Br)cc1. The van der Waals surface area contributed by atoms with Crippen LogP contribution in [0.4, 0.5) is 0 Å². The van der Waals surface area contributed by atoms with Crippen LogP contribution in [0.15, 0.2) is 33.9 Å². The molecule has 0 radical (unpaired) electrons. The fourth-order valence-corrected chi connectivity index (χ4v) is 1.60. The van der Waals surface area contributed by atoms with Gasteiger partial charge in [-0.15, -0.1) is 0 Å². The molecule has 88 valence electrons. The van der Waals surface area contributed by atoms with Crippen molar-refractivity contribution >= 4 is 21.8 Å². The minimum Gasteiger partial charge on any atom is -0.409 e. The molecular weight excluding hydrogens is 270 g/mol. The Morgan fingerprint density at radius 1 is 1.44 bits per heavy atom. The Morgan fingerprint density at radius 2 is 2.06 bits per heavy atom. The van der Waals surface area contributed by atoms with Crippen molar-refractivity contribution in [1.29, 1.82) is 0 Å². The highest BCUT2D eigenvalue weighted by molar-refractivity contribution is 9.10. The molecule has 0 saturated heterocycles. The van der Waals surface area contributed by atoms with Gasteiger partial charge < -0.3 is 15.8 Å². The lowest BCUT2D eigenvalue weighted by atomic mass is 10.2. The van der Waals surface area contributed by atoms with Crippen molar-refractivity contribution < 1.29 is 5.21 Å². The predicted molar refractivity (Wildman–Crippen MR) is 68.5 cm³/mol.